The Bertz CT molecular complexity index is 475. The monoisotopic (exact) mass is 421 g/mol. The van der Waals surface area contributed by atoms with Crippen molar-refractivity contribution in [1.82, 2.24) is 4.90 Å². The first kappa shape index (κ1) is 16.3. The number of carbonyl (C=O) groups is 1. The highest BCUT2D eigenvalue weighted by Crippen LogP contribution is 2.27. The highest BCUT2D eigenvalue weighted by atomic mass is 79.9. The third-order valence-corrected chi connectivity index (χ3v) is 5.11. The van der Waals surface area contributed by atoms with Gasteiger partial charge >= 0.3 is 0 Å². The maximum Gasteiger partial charge on any atom is 0.255 e. The van der Waals surface area contributed by atoms with E-state index in [4.69, 9.17) is 11.6 Å². The van der Waals surface area contributed by atoms with Gasteiger partial charge in [-0.25, -0.2) is 0 Å². The van der Waals surface area contributed by atoms with Gasteiger partial charge in [-0.05, 0) is 47.0 Å². The molecule has 1 fully saturated rings. The van der Waals surface area contributed by atoms with E-state index in [1.165, 1.54) is 19.3 Å². The fraction of sp³-hybridized carbons (Fsp3) is 0.533. The fourth-order valence-electron chi connectivity index (χ4n) is 2.75. The zero-order valence-corrected chi connectivity index (χ0v) is 15.2. The van der Waals surface area contributed by atoms with E-state index in [1.807, 2.05) is 23.1 Å². The first-order valence-corrected chi connectivity index (χ1v) is 9.07. The smallest absolute Gasteiger partial charge is 0.255 e. The first-order chi connectivity index (χ1) is 9.63. The molecule has 20 heavy (non-hydrogen) atoms. The molecule has 0 radical (unpaired) electrons. The van der Waals surface area contributed by atoms with Crippen LogP contribution in [0.25, 0.3) is 0 Å². The van der Waals surface area contributed by atoms with E-state index in [2.05, 4.69) is 31.9 Å². The van der Waals surface area contributed by atoms with Gasteiger partial charge in [0.05, 0.1) is 5.56 Å². The second kappa shape index (κ2) is 7.81. The average Bonchev–Trinajstić information content (AvgIpc) is 2.47. The number of carbonyl (C=O) groups excluding carboxylic acids is 1. The zero-order valence-electron chi connectivity index (χ0n) is 11.2. The molecule has 1 aliphatic rings. The van der Waals surface area contributed by atoms with Crippen molar-refractivity contribution in [2.45, 2.75) is 38.1 Å². The molecule has 1 aromatic rings. The van der Waals surface area contributed by atoms with Gasteiger partial charge in [0.25, 0.3) is 5.91 Å². The molecule has 0 aromatic heterocycles. The second-order valence-electron chi connectivity index (χ2n) is 5.10. The normalized spacial score (nSPS) is 16.1. The minimum absolute atomic E-state index is 0.0747. The molecule has 0 heterocycles. The van der Waals surface area contributed by atoms with Gasteiger partial charge in [0.2, 0.25) is 0 Å². The Hall–Kier alpha value is -0.0600. The van der Waals surface area contributed by atoms with Crippen molar-refractivity contribution >= 4 is 49.4 Å². The van der Waals surface area contributed by atoms with Crippen LogP contribution in [-0.4, -0.2) is 29.3 Å². The van der Waals surface area contributed by atoms with Crippen molar-refractivity contribution in [3.63, 3.8) is 0 Å². The number of hydrogen-bond donors (Lipinski definition) is 0. The van der Waals surface area contributed by atoms with Crippen molar-refractivity contribution in [2.24, 2.45) is 0 Å². The molecule has 0 unspecified atom stereocenters. The Kier molecular flexibility index (Phi) is 6.37. The van der Waals surface area contributed by atoms with Crippen LogP contribution in [0.5, 0.6) is 0 Å². The maximum atomic E-state index is 12.8. The van der Waals surface area contributed by atoms with Crippen LogP contribution in [0, 0.1) is 0 Å². The van der Waals surface area contributed by atoms with Crippen LogP contribution in [-0.2, 0) is 0 Å². The Labute approximate surface area is 142 Å². The van der Waals surface area contributed by atoms with Crippen LogP contribution in [0.3, 0.4) is 0 Å². The predicted molar refractivity (Wildman–Crippen MR) is 90.5 cm³/mol. The molecule has 1 aromatic carbocycles. The van der Waals surface area contributed by atoms with E-state index >= 15 is 0 Å². The van der Waals surface area contributed by atoms with Gasteiger partial charge in [-0.1, -0.05) is 35.2 Å². The number of amides is 1. The van der Waals surface area contributed by atoms with E-state index in [-0.39, 0.29) is 5.91 Å². The lowest BCUT2D eigenvalue weighted by atomic mass is 9.93. The Morgan fingerprint density at radius 3 is 2.60 bits per heavy atom. The van der Waals surface area contributed by atoms with Crippen LogP contribution in [0.1, 0.15) is 42.5 Å². The number of rotatable bonds is 4. The minimum atomic E-state index is 0.0747. The summed E-state index contributed by atoms with van der Waals surface area (Å²) < 4.78 is 1.75. The van der Waals surface area contributed by atoms with Gasteiger partial charge in [0.15, 0.2) is 0 Å². The molecule has 1 aliphatic carbocycles. The van der Waals surface area contributed by atoms with Gasteiger partial charge < -0.3 is 4.90 Å². The molecular formula is C15H18Br2ClNO. The molecule has 2 rings (SSSR count). The van der Waals surface area contributed by atoms with Gasteiger partial charge in [-0.3, -0.25) is 4.79 Å². The lowest BCUT2D eigenvalue weighted by Gasteiger charge is -2.34. The van der Waals surface area contributed by atoms with E-state index in [0.717, 1.165) is 21.8 Å². The van der Waals surface area contributed by atoms with E-state index in [1.54, 1.807) is 0 Å². The van der Waals surface area contributed by atoms with Gasteiger partial charge in [0, 0.05) is 27.4 Å². The highest BCUT2D eigenvalue weighted by molar-refractivity contribution is 9.11. The summed E-state index contributed by atoms with van der Waals surface area (Å²) in [5, 5.41) is 0. The van der Waals surface area contributed by atoms with Gasteiger partial charge in [-0.15, -0.1) is 11.6 Å². The SMILES string of the molecule is O=C(c1cc(Br)ccc1Br)N(CCCl)C1CCCCC1. The summed E-state index contributed by atoms with van der Waals surface area (Å²) in [7, 11) is 0. The number of benzene rings is 1. The molecule has 0 aliphatic heterocycles. The molecule has 5 heteroatoms. The van der Waals surface area contributed by atoms with Crippen LogP contribution in [0.4, 0.5) is 0 Å². The van der Waals surface area contributed by atoms with Crippen LogP contribution in [0.15, 0.2) is 27.1 Å². The van der Waals surface area contributed by atoms with Gasteiger partial charge in [0.1, 0.15) is 0 Å². The molecule has 0 spiro atoms. The minimum Gasteiger partial charge on any atom is -0.334 e. The summed E-state index contributed by atoms with van der Waals surface area (Å²) in [4.78, 5) is 14.8. The molecule has 0 bridgehead atoms. The highest BCUT2D eigenvalue weighted by Gasteiger charge is 2.26. The third-order valence-electron chi connectivity index (χ3n) is 3.76. The summed E-state index contributed by atoms with van der Waals surface area (Å²) in [6, 6.07) is 6.03. The lowest BCUT2D eigenvalue weighted by molar-refractivity contribution is 0.0648. The molecule has 1 saturated carbocycles. The number of hydrogen-bond acceptors (Lipinski definition) is 1. The largest absolute Gasteiger partial charge is 0.334 e. The summed E-state index contributed by atoms with van der Waals surface area (Å²) in [6.07, 6.45) is 5.87. The summed E-state index contributed by atoms with van der Waals surface area (Å²) >= 11 is 12.8. The molecule has 0 saturated heterocycles. The predicted octanol–water partition coefficient (Wildman–Crippen LogP) is 5.23. The van der Waals surface area contributed by atoms with E-state index in [0.29, 0.717) is 24.0 Å². The fourth-order valence-corrected chi connectivity index (χ4v) is 3.71. The molecule has 0 N–H and O–H groups in total. The van der Waals surface area contributed by atoms with Crippen LogP contribution < -0.4 is 0 Å². The number of nitrogens with zero attached hydrogens (tertiary/aromatic N) is 1. The third kappa shape index (κ3) is 3.99. The maximum absolute atomic E-state index is 12.8. The van der Waals surface area contributed by atoms with Crippen molar-refractivity contribution in [1.29, 1.82) is 0 Å². The quantitative estimate of drug-likeness (QED) is 0.608. The summed E-state index contributed by atoms with van der Waals surface area (Å²) in [5.41, 5.74) is 0.704. The first-order valence-electron chi connectivity index (χ1n) is 6.95. The van der Waals surface area contributed by atoms with Crippen molar-refractivity contribution in [3.8, 4) is 0 Å². The van der Waals surface area contributed by atoms with E-state index < -0.39 is 0 Å². The Morgan fingerprint density at radius 1 is 1.25 bits per heavy atom. The number of halogens is 3. The summed E-state index contributed by atoms with van der Waals surface area (Å²) in [6.45, 7) is 0.615. The molecule has 110 valence electrons. The Balaban J connectivity index is 2.23. The molecule has 1 amide bonds. The lowest BCUT2D eigenvalue weighted by Crippen LogP contribution is -2.42. The molecule has 0 atom stereocenters. The second-order valence-corrected chi connectivity index (χ2v) is 7.25. The van der Waals surface area contributed by atoms with Crippen molar-refractivity contribution in [3.05, 3.63) is 32.7 Å². The van der Waals surface area contributed by atoms with Crippen LogP contribution in [0.2, 0.25) is 0 Å². The van der Waals surface area contributed by atoms with Crippen molar-refractivity contribution in [2.75, 3.05) is 12.4 Å². The topological polar surface area (TPSA) is 20.3 Å². The van der Waals surface area contributed by atoms with Crippen molar-refractivity contribution < 1.29 is 4.79 Å². The summed E-state index contributed by atoms with van der Waals surface area (Å²) in [5.74, 6) is 0.555. The molecule has 2 nitrogen and oxygen atoms in total. The standard InChI is InChI=1S/C15H18Br2ClNO/c16-11-6-7-14(17)13(10-11)15(20)19(9-8-18)12-4-2-1-3-5-12/h6-7,10,12H,1-5,8-9H2. The van der Waals surface area contributed by atoms with Gasteiger partial charge in [-0.2, -0.15) is 0 Å². The van der Waals surface area contributed by atoms with E-state index in [9.17, 15) is 4.79 Å². The van der Waals surface area contributed by atoms with Crippen LogP contribution >= 0.6 is 43.5 Å². The Morgan fingerprint density at radius 2 is 1.95 bits per heavy atom. The molecular weight excluding hydrogens is 405 g/mol. The average molecular weight is 424 g/mol. The zero-order chi connectivity index (χ0) is 14.5. The number of alkyl halides is 1.